The Bertz CT molecular complexity index is 199. The minimum atomic E-state index is -3.22. The summed E-state index contributed by atoms with van der Waals surface area (Å²) in [6.07, 6.45) is 1.27. The van der Waals surface area contributed by atoms with E-state index in [1.807, 2.05) is 13.8 Å². The first-order valence-corrected chi connectivity index (χ1v) is 7.16. The highest BCUT2D eigenvalue weighted by atomic mass is 79.9. The van der Waals surface area contributed by atoms with Gasteiger partial charge in [0.25, 0.3) is 5.85 Å². The third-order valence-corrected chi connectivity index (χ3v) is 5.29. The highest BCUT2D eigenvalue weighted by molar-refractivity contribution is 9.13. The normalized spacial score (nSPS) is 13.8. The van der Waals surface area contributed by atoms with E-state index in [0.29, 0.717) is 0 Å². The van der Waals surface area contributed by atoms with Gasteiger partial charge in [-0.3, -0.25) is 4.57 Å². The summed E-state index contributed by atoms with van der Waals surface area (Å²) in [5.74, 6) is -3.22. The van der Waals surface area contributed by atoms with Crippen LogP contribution < -0.4 is 0 Å². The van der Waals surface area contributed by atoms with Crippen molar-refractivity contribution < 1.29 is 9.30 Å². The second-order valence-corrected chi connectivity index (χ2v) is 8.34. The lowest BCUT2D eigenvalue weighted by Gasteiger charge is -2.05. The molecule has 2 nitrogen and oxygen atoms in total. The van der Waals surface area contributed by atoms with Crippen LogP contribution in [0.2, 0.25) is 0 Å². The molecule has 0 aromatic heterocycles. The van der Waals surface area contributed by atoms with Crippen LogP contribution in [0.15, 0.2) is 10.5 Å². The summed E-state index contributed by atoms with van der Waals surface area (Å²) in [5, 5.41) is 0. The molecule has 66 valence electrons. The Morgan fingerprint density at radius 2 is 2.09 bits per heavy atom. The van der Waals surface area contributed by atoms with Crippen LogP contribution in [0.3, 0.4) is 0 Å². The Morgan fingerprint density at radius 1 is 1.64 bits per heavy atom. The smallest absolute Gasteiger partial charge is 0.291 e. The third kappa shape index (κ3) is 6.03. The monoisotopic (exact) mass is 280 g/mol. The van der Waals surface area contributed by atoms with Crippen LogP contribution in [-0.2, 0) is 9.30 Å². The summed E-state index contributed by atoms with van der Waals surface area (Å²) in [4.78, 5) is 0. The minimum Gasteiger partial charge on any atom is -0.497 e. The predicted molar refractivity (Wildman–Crippen MR) is 52.5 cm³/mol. The predicted octanol–water partition coefficient (Wildman–Crippen LogP) is 4.28. The lowest BCUT2D eigenvalue weighted by atomic mass is 10.5. The van der Waals surface area contributed by atoms with Gasteiger partial charge in [0.15, 0.2) is 0 Å². The molecule has 0 aromatic rings. The van der Waals surface area contributed by atoms with Gasteiger partial charge in [0.05, 0.1) is 6.10 Å². The van der Waals surface area contributed by atoms with Crippen LogP contribution in [0, 0.1) is 0 Å². The van der Waals surface area contributed by atoms with E-state index in [9.17, 15) is 4.57 Å². The molecule has 6 heteroatoms. The fourth-order valence-electron chi connectivity index (χ4n) is 0.254. The van der Waals surface area contributed by atoms with Gasteiger partial charge in [0.2, 0.25) is 0 Å². The Labute approximate surface area is 84.0 Å². The van der Waals surface area contributed by atoms with Gasteiger partial charge in [-0.2, -0.15) is 0 Å². The third-order valence-electron chi connectivity index (χ3n) is 0.686. The zero-order valence-corrected chi connectivity index (χ0v) is 10.0. The van der Waals surface area contributed by atoms with Crippen molar-refractivity contribution in [2.24, 2.45) is 0 Å². The van der Waals surface area contributed by atoms with E-state index in [1.165, 1.54) is 6.26 Å². The van der Waals surface area contributed by atoms with Gasteiger partial charge < -0.3 is 4.74 Å². The highest BCUT2D eigenvalue weighted by Gasteiger charge is 2.18. The SMILES string of the molecule is CC(C)OC=C(Br)P(=O)(Cl)Cl. The summed E-state index contributed by atoms with van der Waals surface area (Å²) in [6, 6.07) is 0. The van der Waals surface area contributed by atoms with Crippen molar-refractivity contribution in [2.75, 3.05) is 0 Å². The van der Waals surface area contributed by atoms with Gasteiger partial charge in [-0.25, -0.2) is 0 Å². The average Bonchev–Trinajstić information content (AvgIpc) is 1.80. The number of rotatable bonds is 3. The largest absolute Gasteiger partial charge is 0.497 e. The zero-order valence-electron chi connectivity index (χ0n) is 6.05. The van der Waals surface area contributed by atoms with Crippen molar-refractivity contribution in [3.05, 3.63) is 10.5 Å². The van der Waals surface area contributed by atoms with Gasteiger partial charge in [-0.1, -0.05) is 0 Å². The summed E-state index contributed by atoms with van der Waals surface area (Å²) in [5.41, 5.74) is 0. The van der Waals surface area contributed by atoms with Crippen LogP contribution in [0.4, 0.5) is 0 Å². The van der Waals surface area contributed by atoms with E-state index in [-0.39, 0.29) is 10.3 Å². The number of halogens is 3. The molecule has 0 aromatic carbocycles. The molecule has 0 aliphatic rings. The molecule has 0 rings (SSSR count). The van der Waals surface area contributed by atoms with Gasteiger partial charge >= 0.3 is 0 Å². The maximum Gasteiger partial charge on any atom is 0.291 e. The fourth-order valence-corrected chi connectivity index (χ4v) is 0.784. The molecule has 0 fully saturated rings. The van der Waals surface area contributed by atoms with Crippen LogP contribution >= 0.6 is 44.3 Å². The standard InChI is InChI=1S/C5H8BrCl2O2P/c1-4(2)10-3-5(6)11(7,8)9/h3-4H,1-2H3. The second-order valence-electron chi connectivity index (χ2n) is 2.09. The Kier molecular flexibility index (Phi) is 5.12. The van der Waals surface area contributed by atoms with Crippen molar-refractivity contribution in [1.82, 2.24) is 0 Å². The van der Waals surface area contributed by atoms with Crippen molar-refractivity contribution >= 4 is 44.3 Å². The summed E-state index contributed by atoms with van der Waals surface area (Å²) in [6.45, 7) is 3.67. The molecule has 0 saturated carbocycles. The van der Waals surface area contributed by atoms with E-state index in [4.69, 9.17) is 27.2 Å². The molecule has 0 bridgehead atoms. The van der Waals surface area contributed by atoms with E-state index in [2.05, 4.69) is 15.9 Å². The van der Waals surface area contributed by atoms with Gasteiger partial charge in [0.1, 0.15) is 10.5 Å². The molecular formula is C5H8BrCl2O2P. The van der Waals surface area contributed by atoms with Gasteiger partial charge in [-0.05, 0) is 52.3 Å². The zero-order chi connectivity index (χ0) is 9.07. The Hall–Kier alpha value is 0.830. The molecule has 0 amide bonds. The maximum atomic E-state index is 10.9. The van der Waals surface area contributed by atoms with Crippen LogP contribution in [-0.4, -0.2) is 6.10 Å². The van der Waals surface area contributed by atoms with Crippen LogP contribution in [0.25, 0.3) is 0 Å². The quantitative estimate of drug-likeness (QED) is 0.570. The Balaban J connectivity index is 4.13. The van der Waals surface area contributed by atoms with Crippen molar-refractivity contribution in [3.63, 3.8) is 0 Å². The number of ether oxygens (including phenoxy) is 1. The van der Waals surface area contributed by atoms with Crippen molar-refractivity contribution in [3.8, 4) is 0 Å². The molecular weight excluding hydrogens is 274 g/mol. The van der Waals surface area contributed by atoms with E-state index in [0.717, 1.165) is 0 Å². The van der Waals surface area contributed by atoms with Gasteiger partial charge in [-0.15, -0.1) is 0 Å². The fraction of sp³-hybridized carbons (Fsp3) is 0.600. The van der Waals surface area contributed by atoms with E-state index >= 15 is 0 Å². The lowest BCUT2D eigenvalue weighted by molar-refractivity contribution is 0.179. The molecule has 0 aliphatic carbocycles. The van der Waals surface area contributed by atoms with Crippen molar-refractivity contribution in [1.29, 1.82) is 0 Å². The molecule has 11 heavy (non-hydrogen) atoms. The molecule has 0 saturated heterocycles. The molecule has 0 aliphatic heterocycles. The van der Waals surface area contributed by atoms with Gasteiger partial charge in [0, 0.05) is 0 Å². The highest BCUT2D eigenvalue weighted by Crippen LogP contribution is 2.65. The molecule has 0 atom stereocenters. The average molecular weight is 282 g/mol. The number of hydrogen-bond acceptors (Lipinski definition) is 2. The molecule has 0 unspecified atom stereocenters. The minimum absolute atomic E-state index is 0.0161. The van der Waals surface area contributed by atoms with E-state index in [1.54, 1.807) is 0 Å². The van der Waals surface area contributed by atoms with Crippen LogP contribution in [0.1, 0.15) is 13.8 Å². The first kappa shape index (κ1) is 11.8. The van der Waals surface area contributed by atoms with E-state index < -0.39 is 5.85 Å². The first-order valence-electron chi connectivity index (χ1n) is 2.85. The summed E-state index contributed by atoms with van der Waals surface area (Å²) < 4.78 is 16.0. The summed E-state index contributed by atoms with van der Waals surface area (Å²) >= 11 is 13.5. The molecule has 0 N–H and O–H groups in total. The first-order chi connectivity index (χ1) is 4.84. The Morgan fingerprint density at radius 3 is 2.36 bits per heavy atom. The second kappa shape index (κ2) is 4.76. The van der Waals surface area contributed by atoms with Crippen molar-refractivity contribution in [2.45, 2.75) is 20.0 Å². The summed E-state index contributed by atoms with van der Waals surface area (Å²) in [7, 11) is 0. The number of hydrogen-bond donors (Lipinski definition) is 0. The molecule has 0 radical (unpaired) electrons. The topological polar surface area (TPSA) is 26.3 Å². The molecule has 0 heterocycles. The molecule has 0 spiro atoms. The lowest BCUT2D eigenvalue weighted by Crippen LogP contribution is -1.94. The van der Waals surface area contributed by atoms with Crippen LogP contribution in [0.5, 0.6) is 0 Å². The maximum absolute atomic E-state index is 10.9.